The Morgan fingerprint density at radius 3 is 2.73 bits per heavy atom. The van der Waals surface area contributed by atoms with Crippen molar-refractivity contribution < 1.29 is 14.0 Å². The summed E-state index contributed by atoms with van der Waals surface area (Å²) in [5.41, 5.74) is 0.865. The monoisotopic (exact) mass is 307 g/mol. The van der Waals surface area contributed by atoms with Crippen LogP contribution in [0.25, 0.3) is 0 Å². The average molecular weight is 307 g/mol. The summed E-state index contributed by atoms with van der Waals surface area (Å²) in [7, 11) is 0. The third-order valence-electron chi connectivity index (χ3n) is 3.68. The molecule has 1 unspecified atom stereocenters. The maximum Gasteiger partial charge on any atom is 0.234 e. The number of amides is 2. The zero-order valence-corrected chi connectivity index (χ0v) is 12.8. The van der Waals surface area contributed by atoms with Crippen molar-refractivity contribution in [2.75, 3.05) is 19.6 Å². The molecule has 2 rings (SSSR count). The first-order chi connectivity index (χ1) is 10.5. The molecule has 1 aliphatic heterocycles. The molecule has 0 radical (unpaired) electrons. The first-order valence-corrected chi connectivity index (χ1v) is 7.53. The molecule has 0 aliphatic carbocycles. The molecule has 22 heavy (non-hydrogen) atoms. The van der Waals surface area contributed by atoms with E-state index in [0.29, 0.717) is 19.6 Å². The molecule has 1 aromatic rings. The van der Waals surface area contributed by atoms with Gasteiger partial charge in [-0.1, -0.05) is 12.1 Å². The van der Waals surface area contributed by atoms with Gasteiger partial charge in [0.2, 0.25) is 11.8 Å². The zero-order valence-electron chi connectivity index (χ0n) is 12.8. The van der Waals surface area contributed by atoms with Gasteiger partial charge in [0.05, 0.1) is 6.54 Å². The van der Waals surface area contributed by atoms with Crippen molar-refractivity contribution in [3.05, 3.63) is 35.6 Å². The quantitative estimate of drug-likeness (QED) is 0.854. The van der Waals surface area contributed by atoms with Gasteiger partial charge in [-0.3, -0.25) is 14.5 Å². The highest BCUT2D eigenvalue weighted by molar-refractivity contribution is 5.78. The fourth-order valence-electron chi connectivity index (χ4n) is 2.67. The van der Waals surface area contributed by atoms with E-state index in [2.05, 4.69) is 10.6 Å². The minimum atomic E-state index is -0.285. The first-order valence-electron chi connectivity index (χ1n) is 7.53. The summed E-state index contributed by atoms with van der Waals surface area (Å²) in [6, 6.07) is 6.19. The summed E-state index contributed by atoms with van der Waals surface area (Å²) < 4.78 is 12.8. The van der Waals surface area contributed by atoms with Crippen molar-refractivity contribution >= 4 is 11.8 Å². The first kappa shape index (κ1) is 16.4. The largest absolute Gasteiger partial charge is 0.352 e. The van der Waals surface area contributed by atoms with Crippen LogP contribution in [0.3, 0.4) is 0 Å². The molecular formula is C16H22FN3O2. The number of nitrogens with zero attached hydrogens (tertiary/aromatic N) is 1. The van der Waals surface area contributed by atoms with E-state index >= 15 is 0 Å². The third kappa shape index (κ3) is 5.44. The van der Waals surface area contributed by atoms with E-state index in [9.17, 15) is 14.0 Å². The fourth-order valence-corrected chi connectivity index (χ4v) is 2.67. The topological polar surface area (TPSA) is 61.4 Å². The Labute approximate surface area is 129 Å². The predicted molar refractivity (Wildman–Crippen MR) is 81.5 cm³/mol. The Bertz CT molecular complexity index is 519. The molecule has 1 fully saturated rings. The highest BCUT2D eigenvalue weighted by atomic mass is 19.1. The maximum atomic E-state index is 12.8. The molecule has 1 atom stereocenters. The van der Waals surface area contributed by atoms with Crippen LogP contribution in [0.15, 0.2) is 24.3 Å². The Morgan fingerprint density at radius 1 is 1.32 bits per heavy atom. The molecule has 0 spiro atoms. The van der Waals surface area contributed by atoms with Gasteiger partial charge in [-0.05, 0) is 37.1 Å². The minimum Gasteiger partial charge on any atom is -0.352 e. The smallest absolute Gasteiger partial charge is 0.234 e. The van der Waals surface area contributed by atoms with Crippen LogP contribution in [-0.2, 0) is 16.1 Å². The lowest BCUT2D eigenvalue weighted by atomic mass is 10.1. The Hall–Kier alpha value is -1.95. The number of rotatable bonds is 5. The van der Waals surface area contributed by atoms with Crippen LogP contribution in [0.2, 0.25) is 0 Å². The van der Waals surface area contributed by atoms with E-state index in [-0.39, 0.29) is 23.7 Å². The number of carbonyl (C=O) groups is 2. The molecule has 1 aromatic carbocycles. The van der Waals surface area contributed by atoms with Crippen LogP contribution in [0.4, 0.5) is 4.39 Å². The normalized spacial score (nSPS) is 18.7. The highest BCUT2D eigenvalue weighted by Crippen LogP contribution is 2.09. The molecule has 1 saturated heterocycles. The lowest BCUT2D eigenvalue weighted by molar-refractivity contribution is -0.122. The molecule has 120 valence electrons. The van der Waals surface area contributed by atoms with E-state index in [1.807, 2.05) is 4.90 Å². The van der Waals surface area contributed by atoms with E-state index in [4.69, 9.17) is 0 Å². The van der Waals surface area contributed by atoms with E-state index in [1.54, 1.807) is 12.1 Å². The SMILES string of the molecule is CC(=O)NC1CCCN(CC(=O)NCc2ccc(F)cc2)C1. The highest BCUT2D eigenvalue weighted by Gasteiger charge is 2.21. The molecule has 2 N–H and O–H groups in total. The number of likely N-dealkylation sites (tertiary alicyclic amines) is 1. The van der Waals surface area contributed by atoms with Crippen molar-refractivity contribution in [3.8, 4) is 0 Å². The van der Waals surface area contributed by atoms with Crippen molar-refractivity contribution in [2.45, 2.75) is 32.4 Å². The molecule has 6 heteroatoms. The van der Waals surface area contributed by atoms with E-state index in [1.165, 1.54) is 19.1 Å². The van der Waals surface area contributed by atoms with Gasteiger partial charge in [-0.15, -0.1) is 0 Å². The molecule has 0 bridgehead atoms. The second-order valence-corrected chi connectivity index (χ2v) is 5.68. The Kier molecular flexibility index (Phi) is 5.89. The summed E-state index contributed by atoms with van der Waals surface area (Å²) in [5.74, 6) is -0.382. The summed E-state index contributed by atoms with van der Waals surface area (Å²) in [6.07, 6.45) is 1.92. The van der Waals surface area contributed by atoms with Gasteiger partial charge in [0.25, 0.3) is 0 Å². The number of halogens is 1. The summed E-state index contributed by atoms with van der Waals surface area (Å²) in [6.45, 7) is 3.78. The van der Waals surface area contributed by atoms with Crippen LogP contribution in [0, 0.1) is 5.82 Å². The number of carbonyl (C=O) groups excluding carboxylic acids is 2. The second kappa shape index (κ2) is 7.89. The van der Waals surface area contributed by atoms with Gasteiger partial charge in [0.1, 0.15) is 5.82 Å². The predicted octanol–water partition coefficient (Wildman–Crippen LogP) is 1.04. The van der Waals surface area contributed by atoms with Crippen LogP contribution in [-0.4, -0.2) is 42.4 Å². The molecule has 0 aromatic heterocycles. The van der Waals surface area contributed by atoms with Crippen molar-refractivity contribution in [1.82, 2.24) is 15.5 Å². The lowest BCUT2D eigenvalue weighted by Crippen LogP contribution is -2.49. The molecular weight excluding hydrogens is 285 g/mol. The lowest BCUT2D eigenvalue weighted by Gasteiger charge is -2.32. The number of hydrogen-bond acceptors (Lipinski definition) is 3. The van der Waals surface area contributed by atoms with Crippen LogP contribution in [0.1, 0.15) is 25.3 Å². The van der Waals surface area contributed by atoms with Gasteiger partial charge in [-0.2, -0.15) is 0 Å². The number of piperidine rings is 1. The molecule has 5 nitrogen and oxygen atoms in total. The Balaban J connectivity index is 1.74. The molecule has 1 aliphatic rings. The average Bonchev–Trinajstić information content (AvgIpc) is 2.46. The Morgan fingerprint density at radius 2 is 2.05 bits per heavy atom. The van der Waals surface area contributed by atoms with Crippen molar-refractivity contribution in [1.29, 1.82) is 0 Å². The summed E-state index contributed by atoms with van der Waals surface area (Å²) >= 11 is 0. The van der Waals surface area contributed by atoms with Crippen LogP contribution >= 0.6 is 0 Å². The third-order valence-corrected chi connectivity index (χ3v) is 3.68. The van der Waals surface area contributed by atoms with Gasteiger partial charge in [-0.25, -0.2) is 4.39 Å². The maximum absolute atomic E-state index is 12.8. The number of benzene rings is 1. The van der Waals surface area contributed by atoms with E-state index < -0.39 is 0 Å². The van der Waals surface area contributed by atoms with Gasteiger partial charge in [0, 0.05) is 26.1 Å². The summed E-state index contributed by atoms with van der Waals surface area (Å²) in [4.78, 5) is 25.1. The van der Waals surface area contributed by atoms with Crippen molar-refractivity contribution in [3.63, 3.8) is 0 Å². The van der Waals surface area contributed by atoms with Gasteiger partial charge >= 0.3 is 0 Å². The zero-order chi connectivity index (χ0) is 15.9. The van der Waals surface area contributed by atoms with Crippen molar-refractivity contribution in [2.24, 2.45) is 0 Å². The number of nitrogens with one attached hydrogen (secondary N) is 2. The molecule has 2 amide bonds. The second-order valence-electron chi connectivity index (χ2n) is 5.68. The standard InChI is InChI=1S/C16H22FN3O2/c1-12(21)19-15-3-2-8-20(10-15)11-16(22)18-9-13-4-6-14(17)7-5-13/h4-7,15H,2-3,8-11H2,1H3,(H,18,22)(H,19,21). The van der Waals surface area contributed by atoms with Crippen LogP contribution < -0.4 is 10.6 Å². The van der Waals surface area contributed by atoms with Gasteiger partial charge in [0.15, 0.2) is 0 Å². The number of hydrogen-bond donors (Lipinski definition) is 2. The molecule has 1 heterocycles. The minimum absolute atomic E-state index is 0.0346. The summed E-state index contributed by atoms with van der Waals surface area (Å²) in [5, 5.41) is 5.73. The fraction of sp³-hybridized carbons (Fsp3) is 0.500. The van der Waals surface area contributed by atoms with E-state index in [0.717, 1.165) is 24.9 Å². The van der Waals surface area contributed by atoms with Gasteiger partial charge < -0.3 is 10.6 Å². The van der Waals surface area contributed by atoms with Crippen LogP contribution in [0.5, 0.6) is 0 Å². The molecule has 0 saturated carbocycles.